The molecule has 0 aromatic carbocycles. The van der Waals surface area contributed by atoms with Gasteiger partial charge in [-0.3, -0.25) is 9.59 Å². The van der Waals surface area contributed by atoms with Crippen molar-refractivity contribution in [2.24, 2.45) is 11.7 Å². The maximum Gasteiger partial charge on any atom is 0.303 e. The summed E-state index contributed by atoms with van der Waals surface area (Å²) in [6, 6.07) is -0.328. The zero-order valence-corrected chi connectivity index (χ0v) is 14.0. The fourth-order valence-corrected chi connectivity index (χ4v) is 3.08. The average molecular weight is 337 g/mol. The van der Waals surface area contributed by atoms with E-state index in [1.165, 1.54) is 0 Å². The molecule has 2 rings (SSSR count). The van der Waals surface area contributed by atoms with Crippen LogP contribution in [0.5, 0.6) is 0 Å². The maximum atomic E-state index is 12.9. The van der Waals surface area contributed by atoms with Gasteiger partial charge in [-0.15, -0.1) is 5.10 Å². The largest absolute Gasteiger partial charge is 0.481 e. The molecule has 1 aromatic heterocycles. The van der Waals surface area contributed by atoms with Crippen molar-refractivity contribution in [3.63, 3.8) is 0 Å². The summed E-state index contributed by atoms with van der Waals surface area (Å²) in [5, 5.41) is 20.2. The van der Waals surface area contributed by atoms with Crippen molar-refractivity contribution >= 4 is 11.8 Å². The minimum Gasteiger partial charge on any atom is -0.481 e. The van der Waals surface area contributed by atoms with Gasteiger partial charge in [0.05, 0.1) is 12.1 Å². The van der Waals surface area contributed by atoms with Crippen LogP contribution in [-0.2, 0) is 16.0 Å². The Morgan fingerprint density at radius 3 is 2.79 bits per heavy atom. The highest BCUT2D eigenvalue weighted by molar-refractivity contribution is 5.85. The van der Waals surface area contributed by atoms with E-state index in [-0.39, 0.29) is 24.2 Å². The Morgan fingerprint density at radius 2 is 2.12 bits per heavy atom. The number of carbonyl (C=O) groups excluding carboxylic acids is 1. The van der Waals surface area contributed by atoms with Crippen LogP contribution in [0.3, 0.4) is 0 Å². The lowest BCUT2D eigenvalue weighted by atomic mass is 9.88. The molecule has 1 saturated heterocycles. The zero-order valence-electron chi connectivity index (χ0n) is 14.0. The standard InChI is InChI=1S/C16H27N5O3/c17-8-2-1-3-14(16(24)12-6-9-18-10-7-12)21-11-13(19-20-21)4-5-15(22)23/h11-12,14,18H,1-10,17H2,(H,22,23). The van der Waals surface area contributed by atoms with E-state index in [9.17, 15) is 9.59 Å². The van der Waals surface area contributed by atoms with Gasteiger partial charge in [0.2, 0.25) is 0 Å². The molecule has 24 heavy (non-hydrogen) atoms. The first-order valence-corrected chi connectivity index (χ1v) is 8.69. The summed E-state index contributed by atoms with van der Waals surface area (Å²) in [6.07, 6.45) is 6.19. The van der Waals surface area contributed by atoms with Gasteiger partial charge in [0.1, 0.15) is 6.04 Å². The quantitative estimate of drug-likeness (QED) is 0.532. The number of carboxylic acids is 1. The van der Waals surface area contributed by atoms with Crippen LogP contribution >= 0.6 is 0 Å². The predicted molar refractivity (Wildman–Crippen MR) is 88.5 cm³/mol. The molecule has 1 unspecified atom stereocenters. The summed E-state index contributed by atoms with van der Waals surface area (Å²) in [7, 11) is 0. The molecule has 8 heteroatoms. The van der Waals surface area contributed by atoms with Gasteiger partial charge < -0.3 is 16.2 Å². The monoisotopic (exact) mass is 337 g/mol. The smallest absolute Gasteiger partial charge is 0.303 e. The minimum atomic E-state index is -0.866. The van der Waals surface area contributed by atoms with Crippen LogP contribution < -0.4 is 11.1 Å². The number of rotatable bonds is 10. The molecule has 1 fully saturated rings. The summed E-state index contributed by atoms with van der Waals surface area (Å²) < 4.78 is 1.62. The van der Waals surface area contributed by atoms with Crippen LogP contribution in [0.2, 0.25) is 0 Å². The predicted octanol–water partition coefficient (Wildman–Crippen LogP) is 0.534. The van der Waals surface area contributed by atoms with Crippen molar-refractivity contribution in [3.05, 3.63) is 11.9 Å². The normalized spacial score (nSPS) is 16.9. The van der Waals surface area contributed by atoms with E-state index in [1.807, 2.05) is 0 Å². The number of carbonyl (C=O) groups is 2. The summed E-state index contributed by atoms with van der Waals surface area (Å²) in [5.74, 6) is -0.598. The molecule has 1 aliphatic heterocycles. The Hall–Kier alpha value is -1.80. The zero-order chi connectivity index (χ0) is 17.4. The molecule has 1 aromatic rings. The third-order valence-corrected chi connectivity index (χ3v) is 4.47. The molecule has 1 atom stereocenters. The Labute approximate surface area is 141 Å². The Morgan fingerprint density at radius 1 is 1.38 bits per heavy atom. The molecule has 0 radical (unpaired) electrons. The highest BCUT2D eigenvalue weighted by Gasteiger charge is 2.29. The van der Waals surface area contributed by atoms with Gasteiger partial charge in [-0.25, -0.2) is 4.68 Å². The Kier molecular flexibility index (Phi) is 7.33. The SMILES string of the molecule is NCCCCC(C(=O)C1CCNCC1)n1cc(CCC(=O)O)nn1. The number of nitrogens with zero attached hydrogens (tertiary/aromatic N) is 3. The summed E-state index contributed by atoms with van der Waals surface area (Å²) in [4.78, 5) is 23.6. The number of ketones is 1. The number of aromatic nitrogens is 3. The average Bonchev–Trinajstić information content (AvgIpc) is 3.06. The highest BCUT2D eigenvalue weighted by Crippen LogP contribution is 2.24. The fourth-order valence-electron chi connectivity index (χ4n) is 3.08. The van der Waals surface area contributed by atoms with Gasteiger partial charge in [-0.05, 0) is 51.7 Å². The number of Topliss-reactive ketones (excluding diaryl/α,β-unsaturated/α-hetero) is 1. The third-order valence-electron chi connectivity index (χ3n) is 4.47. The van der Waals surface area contributed by atoms with Crippen molar-refractivity contribution in [2.75, 3.05) is 19.6 Å². The van der Waals surface area contributed by atoms with Gasteiger partial charge in [0.25, 0.3) is 0 Å². The van der Waals surface area contributed by atoms with E-state index in [2.05, 4.69) is 15.6 Å². The fraction of sp³-hybridized carbons (Fsp3) is 0.750. The molecular weight excluding hydrogens is 310 g/mol. The van der Waals surface area contributed by atoms with Crippen molar-refractivity contribution in [2.45, 2.75) is 51.0 Å². The third kappa shape index (κ3) is 5.38. The van der Waals surface area contributed by atoms with Crippen molar-refractivity contribution in [3.8, 4) is 0 Å². The van der Waals surface area contributed by atoms with Gasteiger partial charge in [-0.1, -0.05) is 5.21 Å². The van der Waals surface area contributed by atoms with E-state index in [0.717, 1.165) is 38.8 Å². The molecule has 0 amide bonds. The number of nitrogens with two attached hydrogens (primary N) is 1. The van der Waals surface area contributed by atoms with Crippen LogP contribution in [0.25, 0.3) is 0 Å². The van der Waals surface area contributed by atoms with E-state index >= 15 is 0 Å². The van der Waals surface area contributed by atoms with Crippen molar-refractivity contribution in [1.82, 2.24) is 20.3 Å². The molecule has 4 N–H and O–H groups in total. The topological polar surface area (TPSA) is 123 Å². The number of nitrogens with one attached hydrogen (secondary N) is 1. The summed E-state index contributed by atoms with van der Waals surface area (Å²) in [5.41, 5.74) is 6.17. The molecule has 1 aliphatic rings. The first kappa shape index (κ1) is 18.5. The van der Waals surface area contributed by atoms with Crippen LogP contribution in [0.15, 0.2) is 6.20 Å². The Bertz CT molecular complexity index is 540. The number of hydrogen-bond donors (Lipinski definition) is 3. The molecule has 0 aliphatic carbocycles. The molecule has 0 bridgehead atoms. The second-order valence-electron chi connectivity index (χ2n) is 6.31. The van der Waals surface area contributed by atoms with Crippen molar-refractivity contribution in [1.29, 1.82) is 0 Å². The summed E-state index contributed by atoms with van der Waals surface area (Å²) in [6.45, 7) is 2.34. The van der Waals surface area contributed by atoms with Crippen LogP contribution in [-0.4, -0.2) is 51.5 Å². The van der Waals surface area contributed by atoms with Crippen LogP contribution in [0, 0.1) is 5.92 Å². The lowest BCUT2D eigenvalue weighted by Crippen LogP contribution is -2.35. The molecule has 2 heterocycles. The second-order valence-corrected chi connectivity index (χ2v) is 6.31. The van der Waals surface area contributed by atoms with Crippen LogP contribution in [0.4, 0.5) is 0 Å². The summed E-state index contributed by atoms with van der Waals surface area (Å²) >= 11 is 0. The molecule has 0 spiro atoms. The molecule has 0 saturated carbocycles. The lowest BCUT2D eigenvalue weighted by molar-refractivity contribution is -0.137. The van der Waals surface area contributed by atoms with E-state index in [0.29, 0.717) is 25.1 Å². The van der Waals surface area contributed by atoms with Crippen molar-refractivity contribution < 1.29 is 14.7 Å². The maximum absolute atomic E-state index is 12.9. The van der Waals surface area contributed by atoms with Gasteiger partial charge >= 0.3 is 5.97 Å². The highest BCUT2D eigenvalue weighted by atomic mass is 16.4. The van der Waals surface area contributed by atoms with E-state index in [1.54, 1.807) is 10.9 Å². The second kappa shape index (κ2) is 9.48. The van der Waals surface area contributed by atoms with E-state index < -0.39 is 5.97 Å². The number of aliphatic carboxylic acids is 1. The molecular formula is C16H27N5O3. The number of unbranched alkanes of at least 4 members (excludes halogenated alkanes) is 1. The van der Waals surface area contributed by atoms with Gasteiger partial charge in [-0.2, -0.15) is 0 Å². The molecule has 8 nitrogen and oxygen atoms in total. The Balaban J connectivity index is 2.06. The first-order valence-electron chi connectivity index (χ1n) is 8.69. The minimum absolute atomic E-state index is 0.0127. The van der Waals surface area contributed by atoms with E-state index in [4.69, 9.17) is 10.8 Å². The number of aryl methyl sites for hydroxylation is 1. The first-order chi connectivity index (χ1) is 11.6. The molecule has 134 valence electrons. The number of carboxylic acid groups (broad SMARTS) is 1. The number of hydrogen-bond acceptors (Lipinski definition) is 6. The lowest BCUT2D eigenvalue weighted by Gasteiger charge is -2.26. The van der Waals surface area contributed by atoms with Crippen LogP contribution in [0.1, 0.15) is 50.3 Å². The van der Waals surface area contributed by atoms with Gasteiger partial charge in [0, 0.05) is 18.5 Å². The number of piperidine rings is 1. The van der Waals surface area contributed by atoms with Gasteiger partial charge in [0.15, 0.2) is 5.78 Å².